The highest BCUT2D eigenvalue weighted by atomic mass is 32.2. The normalized spacial score (nSPS) is 15.6. The maximum absolute atomic E-state index is 5.69. The summed E-state index contributed by atoms with van der Waals surface area (Å²) in [5.74, 6) is 3.21. The number of hydrogen-bond donors (Lipinski definition) is 0. The van der Waals surface area contributed by atoms with Crippen molar-refractivity contribution in [2.45, 2.75) is 4.58 Å². The molecule has 3 aromatic rings. The molecule has 0 aliphatic carbocycles. The van der Waals surface area contributed by atoms with Gasteiger partial charge in [-0.25, -0.2) is 0 Å². The summed E-state index contributed by atoms with van der Waals surface area (Å²) < 4.78 is 11.8. The molecule has 2 heterocycles. The Kier molecular flexibility index (Phi) is 3.53. The number of aromatic nitrogens is 1. The van der Waals surface area contributed by atoms with E-state index in [0.717, 1.165) is 16.8 Å². The van der Waals surface area contributed by atoms with Crippen molar-refractivity contribution >= 4 is 34.6 Å². The average molecular weight is 315 g/mol. The molecular weight excluding hydrogens is 302 g/mol. The van der Waals surface area contributed by atoms with Gasteiger partial charge >= 0.3 is 6.08 Å². The van der Waals surface area contributed by atoms with Gasteiger partial charge in [-0.3, -0.25) is 0 Å². The van der Waals surface area contributed by atoms with Gasteiger partial charge in [0.05, 0.1) is 4.58 Å². The number of rotatable bonds is 3. The van der Waals surface area contributed by atoms with Crippen LogP contribution >= 0.6 is 23.5 Å². The number of hydrogen-bond acceptors (Lipinski definition) is 5. The molecule has 0 bridgehead atoms. The first-order valence-corrected chi connectivity index (χ1v) is 8.85. The average Bonchev–Trinajstić information content (AvgIpc) is 3.17. The highest BCUT2D eigenvalue weighted by Gasteiger charge is 2.18. The van der Waals surface area contributed by atoms with Crippen molar-refractivity contribution in [3.63, 3.8) is 0 Å². The van der Waals surface area contributed by atoms with Crippen LogP contribution in [0.1, 0.15) is 10.1 Å². The van der Waals surface area contributed by atoms with Gasteiger partial charge in [-0.15, -0.1) is 23.5 Å². The van der Waals surface area contributed by atoms with E-state index in [-0.39, 0.29) is 6.08 Å². The number of nitrogens with zero attached hydrogens (tertiary/aromatic N) is 1. The first-order valence-electron chi connectivity index (χ1n) is 6.75. The minimum atomic E-state index is 0.286. The third-order valence-corrected chi connectivity index (χ3v) is 6.36. The van der Waals surface area contributed by atoms with E-state index in [0.29, 0.717) is 4.58 Å². The molecule has 106 valence electrons. The summed E-state index contributed by atoms with van der Waals surface area (Å²) in [7, 11) is 0. The van der Waals surface area contributed by atoms with E-state index in [1.165, 1.54) is 17.1 Å². The third kappa shape index (κ3) is 2.76. The molecule has 0 N–H and O–H groups in total. The minimum Gasteiger partial charge on any atom is -0.411 e. The van der Waals surface area contributed by atoms with Gasteiger partial charge in [0.1, 0.15) is 11.3 Å². The molecule has 1 aliphatic heterocycles. The molecule has 2 aromatic carbocycles. The minimum absolute atomic E-state index is 0.286. The van der Waals surface area contributed by atoms with Crippen LogP contribution in [0.4, 0.5) is 0 Å². The molecule has 1 aliphatic rings. The van der Waals surface area contributed by atoms with Gasteiger partial charge in [0.2, 0.25) is 0 Å². The molecule has 4 rings (SSSR count). The van der Waals surface area contributed by atoms with E-state index in [2.05, 4.69) is 17.1 Å². The maximum Gasteiger partial charge on any atom is 0.400 e. The van der Waals surface area contributed by atoms with Crippen molar-refractivity contribution in [3.8, 4) is 11.8 Å². The molecule has 1 fully saturated rings. The molecule has 5 heteroatoms. The van der Waals surface area contributed by atoms with Crippen molar-refractivity contribution in [3.05, 3.63) is 54.1 Å². The number of para-hydroxylation sites is 2. The Morgan fingerprint density at radius 2 is 1.76 bits per heavy atom. The second-order valence-electron chi connectivity index (χ2n) is 4.69. The van der Waals surface area contributed by atoms with E-state index < -0.39 is 0 Å². The Morgan fingerprint density at radius 3 is 2.52 bits per heavy atom. The second-order valence-corrected chi connectivity index (χ2v) is 7.42. The van der Waals surface area contributed by atoms with Gasteiger partial charge in [-0.1, -0.05) is 24.3 Å². The number of oxazole rings is 1. The van der Waals surface area contributed by atoms with Crippen molar-refractivity contribution in [2.24, 2.45) is 0 Å². The Labute approximate surface area is 131 Å². The summed E-state index contributed by atoms with van der Waals surface area (Å²) in [6.45, 7) is 0. The Morgan fingerprint density at radius 1 is 1.00 bits per heavy atom. The Hall–Kier alpha value is -1.59. The van der Waals surface area contributed by atoms with E-state index in [4.69, 9.17) is 9.15 Å². The zero-order valence-electron chi connectivity index (χ0n) is 11.2. The van der Waals surface area contributed by atoms with Crippen LogP contribution in [0.5, 0.6) is 11.8 Å². The predicted octanol–water partition coefficient (Wildman–Crippen LogP) is 5.10. The SMILES string of the molecule is c1ccc2oc(Oc3ccc(C4SCCS4)cc3)nc2c1. The van der Waals surface area contributed by atoms with Crippen LogP contribution in [-0.2, 0) is 0 Å². The van der Waals surface area contributed by atoms with Gasteiger partial charge in [0.25, 0.3) is 0 Å². The molecule has 1 saturated heterocycles. The lowest BCUT2D eigenvalue weighted by molar-refractivity contribution is 0.343. The fourth-order valence-corrected chi connectivity index (χ4v) is 5.10. The first kappa shape index (κ1) is 13.1. The number of fused-ring (bicyclic) bond motifs is 1. The van der Waals surface area contributed by atoms with E-state index in [9.17, 15) is 0 Å². The number of thioether (sulfide) groups is 2. The molecule has 0 saturated carbocycles. The molecule has 0 atom stereocenters. The van der Waals surface area contributed by atoms with Crippen molar-refractivity contribution in [1.29, 1.82) is 0 Å². The monoisotopic (exact) mass is 315 g/mol. The lowest BCUT2D eigenvalue weighted by atomic mass is 10.2. The van der Waals surface area contributed by atoms with Gasteiger partial charge < -0.3 is 9.15 Å². The second kappa shape index (κ2) is 5.66. The molecule has 0 radical (unpaired) electrons. The van der Waals surface area contributed by atoms with Crippen LogP contribution in [0.3, 0.4) is 0 Å². The van der Waals surface area contributed by atoms with Crippen LogP contribution in [0.15, 0.2) is 52.9 Å². The summed E-state index contributed by atoms with van der Waals surface area (Å²) in [5, 5.41) is 0. The highest BCUT2D eigenvalue weighted by Crippen LogP contribution is 2.45. The van der Waals surface area contributed by atoms with Crippen LogP contribution in [-0.4, -0.2) is 16.5 Å². The molecule has 0 amide bonds. The third-order valence-electron chi connectivity index (χ3n) is 3.25. The van der Waals surface area contributed by atoms with Gasteiger partial charge in [-0.05, 0) is 29.8 Å². The summed E-state index contributed by atoms with van der Waals surface area (Å²) in [4.78, 5) is 4.31. The maximum atomic E-state index is 5.69. The molecule has 0 unspecified atom stereocenters. The zero-order valence-corrected chi connectivity index (χ0v) is 12.8. The smallest absolute Gasteiger partial charge is 0.400 e. The zero-order chi connectivity index (χ0) is 14.1. The fourth-order valence-electron chi connectivity index (χ4n) is 2.24. The van der Waals surface area contributed by atoms with Crippen LogP contribution in [0.2, 0.25) is 0 Å². The number of ether oxygens (including phenoxy) is 1. The summed E-state index contributed by atoms with van der Waals surface area (Å²) in [5.41, 5.74) is 2.89. The fraction of sp³-hybridized carbons (Fsp3) is 0.188. The Balaban J connectivity index is 1.53. The van der Waals surface area contributed by atoms with Crippen molar-refractivity contribution in [1.82, 2.24) is 4.98 Å². The molecule has 3 nitrogen and oxygen atoms in total. The number of benzene rings is 2. The molecule has 21 heavy (non-hydrogen) atoms. The van der Waals surface area contributed by atoms with Crippen molar-refractivity contribution < 1.29 is 9.15 Å². The molecule has 1 aromatic heterocycles. The standard InChI is InChI=1S/C16H13NO2S2/c1-2-4-14-13(3-1)17-16(19-14)18-12-7-5-11(6-8-12)15-20-9-10-21-15/h1-8,15H,9-10H2. The first-order chi connectivity index (χ1) is 10.4. The summed E-state index contributed by atoms with van der Waals surface area (Å²) in [6, 6.07) is 15.8. The van der Waals surface area contributed by atoms with Gasteiger partial charge in [0.15, 0.2) is 5.58 Å². The van der Waals surface area contributed by atoms with E-state index in [1.807, 2.05) is 59.9 Å². The van der Waals surface area contributed by atoms with Gasteiger partial charge in [-0.2, -0.15) is 4.98 Å². The summed E-state index contributed by atoms with van der Waals surface area (Å²) >= 11 is 4.00. The lowest BCUT2D eigenvalue weighted by Gasteiger charge is -2.08. The van der Waals surface area contributed by atoms with Crippen LogP contribution in [0.25, 0.3) is 11.1 Å². The van der Waals surface area contributed by atoms with Gasteiger partial charge in [0, 0.05) is 11.5 Å². The quantitative estimate of drug-likeness (QED) is 0.672. The van der Waals surface area contributed by atoms with E-state index >= 15 is 0 Å². The summed E-state index contributed by atoms with van der Waals surface area (Å²) in [6.07, 6.45) is 0.286. The van der Waals surface area contributed by atoms with E-state index in [1.54, 1.807) is 0 Å². The Bertz CT molecular complexity index is 715. The molecule has 0 spiro atoms. The predicted molar refractivity (Wildman–Crippen MR) is 88.2 cm³/mol. The van der Waals surface area contributed by atoms with Crippen molar-refractivity contribution in [2.75, 3.05) is 11.5 Å². The largest absolute Gasteiger partial charge is 0.411 e. The highest BCUT2D eigenvalue weighted by molar-refractivity contribution is 8.19. The van der Waals surface area contributed by atoms with Crippen LogP contribution < -0.4 is 4.74 Å². The lowest BCUT2D eigenvalue weighted by Crippen LogP contribution is -1.87. The van der Waals surface area contributed by atoms with Crippen LogP contribution in [0, 0.1) is 0 Å². The topological polar surface area (TPSA) is 35.3 Å². The molecular formula is C16H13NO2S2.